The van der Waals surface area contributed by atoms with Gasteiger partial charge in [0.1, 0.15) is 5.69 Å². The molecular weight excluding hydrogens is 286 g/mol. The number of rotatable bonds is 5. The van der Waals surface area contributed by atoms with E-state index >= 15 is 0 Å². The summed E-state index contributed by atoms with van der Waals surface area (Å²) in [6, 6.07) is 6.28. The number of fused-ring (bicyclic) bond motifs is 1. The molecule has 2 aromatic rings. The summed E-state index contributed by atoms with van der Waals surface area (Å²) in [7, 11) is 1.91. The third kappa shape index (κ3) is 3.42. The SMILES string of the molecule is Cc1ccc2[nH]c(C(=O)N(C)CCCN3CCCC3)c(C)c2c1. The monoisotopic (exact) mass is 313 g/mol. The number of likely N-dealkylation sites (tertiary alicyclic amines) is 1. The van der Waals surface area contributed by atoms with Crippen molar-refractivity contribution >= 4 is 16.8 Å². The first-order valence-electron chi connectivity index (χ1n) is 8.63. The maximum Gasteiger partial charge on any atom is 0.270 e. The molecule has 0 radical (unpaired) electrons. The van der Waals surface area contributed by atoms with Crippen LogP contribution in [0.2, 0.25) is 0 Å². The van der Waals surface area contributed by atoms with E-state index in [1.807, 2.05) is 18.9 Å². The van der Waals surface area contributed by atoms with Gasteiger partial charge in [-0.05, 0) is 70.4 Å². The lowest BCUT2D eigenvalue weighted by atomic mass is 10.1. The summed E-state index contributed by atoms with van der Waals surface area (Å²) < 4.78 is 0. The minimum absolute atomic E-state index is 0.0952. The number of amides is 1. The van der Waals surface area contributed by atoms with Crippen LogP contribution in [0, 0.1) is 13.8 Å². The van der Waals surface area contributed by atoms with E-state index in [-0.39, 0.29) is 5.91 Å². The van der Waals surface area contributed by atoms with E-state index in [1.165, 1.54) is 31.5 Å². The lowest BCUT2D eigenvalue weighted by Gasteiger charge is -2.19. The van der Waals surface area contributed by atoms with Gasteiger partial charge in [-0.1, -0.05) is 11.6 Å². The van der Waals surface area contributed by atoms with Gasteiger partial charge in [0, 0.05) is 24.5 Å². The van der Waals surface area contributed by atoms with Gasteiger partial charge < -0.3 is 14.8 Å². The first kappa shape index (κ1) is 16.1. The number of carbonyl (C=O) groups excluding carboxylic acids is 1. The molecule has 0 spiro atoms. The average Bonchev–Trinajstić information content (AvgIpc) is 3.15. The summed E-state index contributed by atoms with van der Waals surface area (Å²) in [5.41, 5.74) is 4.05. The van der Waals surface area contributed by atoms with Gasteiger partial charge in [0.2, 0.25) is 0 Å². The minimum Gasteiger partial charge on any atom is -0.350 e. The Labute approximate surface area is 138 Å². The fourth-order valence-corrected chi connectivity index (χ4v) is 3.48. The molecule has 3 rings (SSSR count). The molecule has 1 aliphatic rings. The van der Waals surface area contributed by atoms with Crippen molar-refractivity contribution in [2.24, 2.45) is 0 Å². The van der Waals surface area contributed by atoms with Gasteiger partial charge in [-0.15, -0.1) is 0 Å². The number of aromatic nitrogens is 1. The number of aromatic amines is 1. The summed E-state index contributed by atoms with van der Waals surface area (Å²) in [5.74, 6) is 0.0952. The second-order valence-corrected chi connectivity index (χ2v) is 6.80. The third-order valence-electron chi connectivity index (χ3n) is 4.94. The minimum atomic E-state index is 0.0952. The zero-order valence-corrected chi connectivity index (χ0v) is 14.5. The fraction of sp³-hybridized carbons (Fsp3) is 0.526. The van der Waals surface area contributed by atoms with Crippen LogP contribution < -0.4 is 0 Å². The molecule has 1 N–H and O–H groups in total. The van der Waals surface area contributed by atoms with Gasteiger partial charge >= 0.3 is 0 Å². The van der Waals surface area contributed by atoms with Crippen LogP contribution in [0.15, 0.2) is 18.2 Å². The van der Waals surface area contributed by atoms with Crippen molar-refractivity contribution in [2.45, 2.75) is 33.1 Å². The van der Waals surface area contributed by atoms with Crippen LogP contribution in [-0.2, 0) is 0 Å². The maximum atomic E-state index is 12.7. The Bertz CT molecular complexity index is 698. The summed E-state index contributed by atoms with van der Waals surface area (Å²) in [6.45, 7) is 8.46. The summed E-state index contributed by atoms with van der Waals surface area (Å²) in [6.07, 6.45) is 3.69. The number of nitrogens with one attached hydrogen (secondary N) is 1. The Morgan fingerprint density at radius 2 is 2.00 bits per heavy atom. The van der Waals surface area contributed by atoms with Gasteiger partial charge in [-0.25, -0.2) is 0 Å². The number of nitrogens with zero attached hydrogens (tertiary/aromatic N) is 2. The van der Waals surface area contributed by atoms with Crippen molar-refractivity contribution in [2.75, 3.05) is 33.2 Å². The normalized spacial score (nSPS) is 15.4. The summed E-state index contributed by atoms with van der Waals surface area (Å²) >= 11 is 0. The highest BCUT2D eigenvalue weighted by Gasteiger charge is 2.19. The zero-order valence-electron chi connectivity index (χ0n) is 14.5. The first-order valence-corrected chi connectivity index (χ1v) is 8.63. The van der Waals surface area contributed by atoms with Crippen molar-refractivity contribution in [3.8, 4) is 0 Å². The van der Waals surface area contributed by atoms with Gasteiger partial charge in [0.25, 0.3) is 5.91 Å². The highest BCUT2D eigenvalue weighted by molar-refractivity contribution is 6.00. The van der Waals surface area contributed by atoms with Crippen LogP contribution in [0.25, 0.3) is 10.9 Å². The fourth-order valence-electron chi connectivity index (χ4n) is 3.48. The van der Waals surface area contributed by atoms with Gasteiger partial charge in [-0.2, -0.15) is 0 Å². The van der Waals surface area contributed by atoms with E-state index in [0.29, 0.717) is 0 Å². The smallest absolute Gasteiger partial charge is 0.270 e. The highest BCUT2D eigenvalue weighted by atomic mass is 16.2. The second-order valence-electron chi connectivity index (χ2n) is 6.80. The molecule has 1 aromatic carbocycles. The van der Waals surface area contributed by atoms with Crippen LogP contribution in [-0.4, -0.2) is 53.9 Å². The Morgan fingerprint density at radius 1 is 1.26 bits per heavy atom. The molecule has 124 valence electrons. The molecule has 1 amide bonds. The summed E-state index contributed by atoms with van der Waals surface area (Å²) in [5, 5.41) is 1.15. The van der Waals surface area contributed by atoms with E-state index < -0.39 is 0 Å². The number of hydrogen-bond acceptors (Lipinski definition) is 2. The van der Waals surface area contributed by atoms with Crippen molar-refractivity contribution in [1.29, 1.82) is 0 Å². The average molecular weight is 313 g/mol. The Hall–Kier alpha value is -1.81. The molecule has 1 aromatic heterocycles. The molecule has 2 heterocycles. The van der Waals surface area contributed by atoms with E-state index in [2.05, 4.69) is 35.0 Å². The molecule has 0 bridgehead atoms. The van der Waals surface area contributed by atoms with Crippen molar-refractivity contribution in [3.05, 3.63) is 35.0 Å². The molecule has 1 fully saturated rings. The van der Waals surface area contributed by atoms with Gasteiger partial charge in [-0.3, -0.25) is 4.79 Å². The van der Waals surface area contributed by atoms with Crippen molar-refractivity contribution in [3.63, 3.8) is 0 Å². The summed E-state index contributed by atoms with van der Waals surface area (Å²) in [4.78, 5) is 20.4. The van der Waals surface area contributed by atoms with E-state index in [9.17, 15) is 4.79 Å². The molecule has 0 unspecified atom stereocenters. The molecular formula is C19H27N3O. The van der Waals surface area contributed by atoms with Gasteiger partial charge in [0.15, 0.2) is 0 Å². The maximum absolute atomic E-state index is 12.7. The molecule has 0 atom stereocenters. The quantitative estimate of drug-likeness (QED) is 0.919. The molecule has 4 heteroatoms. The van der Waals surface area contributed by atoms with E-state index in [1.54, 1.807) is 0 Å². The van der Waals surface area contributed by atoms with Crippen molar-refractivity contribution < 1.29 is 4.79 Å². The second kappa shape index (κ2) is 6.75. The number of carbonyl (C=O) groups is 1. The Morgan fingerprint density at radius 3 is 2.74 bits per heavy atom. The predicted molar refractivity (Wildman–Crippen MR) is 95.0 cm³/mol. The molecule has 23 heavy (non-hydrogen) atoms. The number of H-pyrrole nitrogens is 1. The number of aryl methyl sites for hydroxylation is 2. The van der Waals surface area contributed by atoms with Crippen LogP contribution in [0.5, 0.6) is 0 Å². The molecule has 1 aliphatic heterocycles. The van der Waals surface area contributed by atoms with Crippen LogP contribution in [0.4, 0.5) is 0 Å². The molecule has 1 saturated heterocycles. The van der Waals surface area contributed by atoms with Crippen LogP contribution >= 0.6 is 0 Å². The standard InChI is InChI=1S/C19H27N3O/c1-14-7-8-17-16(13-14)15(2)18(20-17)19(23)21(3)9-6-12-22-10-4-5-11-22/h7-8,13,20H,4-6,9-12H2,1-3H3. The lowest BCUT2D eigenvalue weighted by Crippen LogP contribution is -2.31. The topological polar surface area (TPSA) is 39.3 Å². The Balaban J connectivity index is 1.65. The van der Waals surface area contributed by atoms with Crippen molar-refractivity contribution in [1.82, 2.24) is 14.8 Å². The van der Waals surface area contributed by atoms with E-state index in [4.69, 9.17) is 0 Å². The number of hydrogen-bond donors (Lipinski definition) is 1. The number of benzene rings is 1. The highest BCUT2D eigenvalue weighted by Crippen LogP contribution is 2.23. The third-order valence-corrected chi connectivity index (χ3v) is 4.94. The van der Waals surface area contributed by atoms with E-state index in [0.717, 1.165) is 41.7 Å². The first-order chi connectivity index (χ1) is 11.1. The molecule has 4 nitrogen and oxygen atoms in total. The largest absolute Gasteiger partial charge is 0.350 e. The van der Waals surface area contributed by atoms with Crippen LogP contribution in [0.3, 0.4) is 0 Å². The zero-order chi connectivity index (χ0) is 16.4. The van der Waals surface area contributed by atoms with Crippen LogP contribution in [0.1, 0.15) is 40.9 Å². The predicted octanol–water partition coefficient (Wildman–Crippen LogP) is 3.34. The molecule has 0 aliphatic carbocycles. The molecule has 0 saturated carbocycles. The Kier molecular flexibility index (Phi) is 4.71. The van der Waals surface area contributed by atoms with Gasteiger partial charge in [0.05, 0.1) is 0 Å². The lowest BCUT2D eigenvalue weighted by molar-refractivity contribution is 0.0784.